The van der Waals surface area contributed by atoms with Crippen LogP contribution in [0.15, 0.2) is 0 Å². The lowest BCUT2D eigenvalue weighted by Crippen LogP contribution is -2.12. The van der Waals surface area contributed by atoms with Crippen molar-refractivity contribution in [3.8, 4) is 0 Å². The number of carbonyl (C=O) groups excluding carboxylic acids is 2. The summed E-state index contributed by atoms with van der Waals surface area (Å²) in [5.74, 6) is -0.764. The largest absolute Gasteiger partial charge is 0.465 e. The summed E-state index contributed by atoms with van der Waals surface area (Å²) in [5, 5.41) is 0. The Hall–Kier alpha value is -0.480. The van der Waals surface area contributed by atoms with E-state index >= 15 is 0 Å². The summed E-state index contributed by atoms with van der Waals surface area (Å²) in [6.45, 7) is 2.68. The van der Waals surface area contributed by atoms with Gasteiger partial charge in [-0.3, -0.25) is 9.59 Å². The maximum Gasteiger partial charge on any atom is 0.320 e. The second kappa shape index (κ2) is 9.73. The van der Waals surface area contributed by atoms with Crippen LogP contribution in [0.1, 0.15) is 19.8 Å². The first-order chi connectivity index (χ1) is 7.60. The predicted octanol–water partition coefficient (Wildman–Crippen LogP) is 1.97. The minimum absolute atomic E-state index is 0.123. The molecule has 0 heterocycles. The number of esters is 2. The summed E-state index contributed by atoms with van der Waals surface area (Å²) in [6.07, 6.45) is 1.45. The van der Waals surface area contributed by atoms with Gasteiger partial charge in [0.25, 0.3) is 0 Å². The summed E-state index contributed by atoms with van der Waals surface area (Å²) >= 11 is 10.5. The van der Waals surface area contributed by atoms with Crippen molar-refractivity contribution in [3.05, 3.63) is 0 Å². The van der Waals surface area contributed by atoms with Gasteiger partial charge in [-0.15, -0.1) is 23.2 Å². The van der Waals surface area contributed by atoms with Crippen LogP contribution >= 0.6 is 23.2 Å². The van der Waals surface area contributed by atoms with Gasteiger partial charge in [-0.25, -0.2) is 0 Å². The highest BCUT2D eigenvalue weighted by molar-refractivity contribution is 6.26. The Labute approximate surface area is 105 Å². The first-order valence-corrected chi connectivity index (χ1v) is 6.10. The highest BCUT2D eigenvalue weighted by atomic mass is 35.5. The van der Waals surface area contributed by atoms with Gasteiger partial charge in [0.1, 0.15) is 11.8 Å². The molecule has 0 aromatic heterocycles. The van der Waals surface area contributed by atoms with E-state index in [0.29, 0.717) is 19.1 Å². The van der Waals surface area contributed by atoms with E-state index in [4.69, 9.17) is 32.7 Å². The zero-order chi connectivity index (χ0) is 12.4. The molecule has 0 amide bonds. The third-order valence-corrected chi connectivity index (χ3v) is 2.40. The van der Waals surface area contributed by atoms with Gasteiger partial charge in [0.2, 0.25) is 0 Å². The van der Waals surface area contributed by atoms with Gasteiger partial charge >= 0.3 is 11.9 Å². The van der Waals surface area contributed by atoms with Crippen LogP contribution in [0.3, 0.4) is 0 Å². The summed E-state index contributed by atoms with van der Waals surface area (Å²) in [4.78, 5) is 21.4. The van der Waals surface area contributed by atoms with Crippen LogP contribution in [-0.2, 0) is 19.1 Å². The molecule has 0 saturated carbocycles. The van der Waals surface area contributed by atoms with Crippen molar-refractivity contribution in [2.24, 2.45) is 5.92 Å². The van der Waals surface area contributed by atoms with Crippen LogP contribution < -0.4 is 0 Å². The lowest BCUT2D eigenvalue weighted by atomic mass is 10.1. The molecule has 0 aliphatic carbocycles. The molecule has 0 aromatic carbocycles. The molecule has 0 fully saturated rings. The predicted molar refractivity (Wildman–Crippen MR) is 61.8 cm³/mol. The molecule has 0 radical (unpaired) electrons. The van der Waals surface area contributed by atoms with Crippen molar-refractivity contribution in [2.45, 2.75) is 19.8 Å². The lowest BCUT2D eigenvalue weighted by molar-refractivity contribution is -0.140. The Kier molecular flexibility index (Phi) is 9.43. The second-order valence-electron chi connectivity index (χ2n) is 3.39. The molecular weight excluding hydrogens is 255 g/mol. The van der Waals surface area contributed by atoms with E-state index in [0.717, 1.165) is 12.8 Å². The zero-order valence-corrected chi connectivity index (χ0v) is 10.7. The standard InChI is InChI=1S/C10H16Cl2O4/c1-8(2-4-15-9(13)6-11)3-5-16-10(14)7-12/h8H,2-7H2,1H3. The molecule has 0 aliphatic rings. The molecule has 0 atom stereocenters. The van der Waals surface area contributed by atoms with Gasteiger partial charge in [0.15, 0.2) is 0 Å². The maximum absolute atomic E-state index is 10.7. The second-order valence-corrected chi connectivity index (χ2v) is 3.93. The van der Waals surface area contributed by atoms with Crippen molar-refractivity contribution < 1.29 is 19.1 Å². The minimum Gasteiger partial charge on any atom is -0.465 e. The summed E-state index contributed by atoms with van der Waals surface area (Å²) < 4.78 is 9.62. The summed E-state index contributed by atoms with van der Waals surface area (Å²) in [7, 11) is 0. The Balaban J connectivity index is 3.41. The highest BCUT2D eigenvalue weighted by Crippen LogP contribution is 2.07. The number of alkyl halides is 2. The van der Waals surface area contributed by atoms with E-state index < -0.39 is 11.9 Å². The number of hydrogen-bond acceptors (Lipinski definition) is 4. The van der Waals surface area contributed by atoms with Gasteiger partial charge in [0, 0.05) is 0 Å². The van der Waals surface area contributed by atoms with E-state index in [-0.39, 0.29) is 11.8 Å². The molecule has 0 aromatic rings. The number of halogens is 2. The highest BCUT2D eigenvalue weighted by Gasteiger charge is 2.06. The van der Waals surface area contributed by atoms with Crippen LogP contribution in [0, 0.1) is 5.92 Å². The van der Waals surface area contributed by atoms with E-state index in [1.54, 1.807) is 0 Å². The van der Waals surface area contributed by atoms with Crippen molar-refractivity contribution in [2.75, 3.05) is 25.0 Å². The van der Waals surface area contributed by atoms with Gasteiger partial charge in [0.05, 0.1) is 13.2 Å². The smallest absolute Gasteiger partial charge is 0.320 e. The zero-order valence-electron chi connectivity index (χ0n) is 9.21. The van der Waals surface area contributed by atoms with Crippen molar-refractivity contribution >= 4 is 35.1 Å². The van der Waals surface area contributed by atoms with Crippen molar-refractivity contribution in [1.82, 2.24) is 0 Å². The molecule has 4 nitrogen and oxygen atoms in total. The molecule has 0 bridgehead atoms. The molecule has 94 valence electrons. The molecule has 0 spiro atoms. The Morgan fingerprint density at radius 2 is 1.38 bits per heavy atom. The van der Waals surface area contributed by atoms with E-state index in [2.05, 4.69) is 0 Å². The van der Waals surface area contributed by atoms with Crippen molar-refractivity contribution in [1.29, 1.82) is 0 Å². The first-order valence-electron chi connectivity index (χ1n) is 5.03. The van der Waals surface area contributed by atoms with Gasteiger partial charge < -0.3 is 9.47 Å². The summed E-state index contributed by atoms with van der Waals surface area (Å²) in [5.41, 5.74) is 0. The molecule has 0 unspecified atom stereocenters. The van der Waals surface area contributed by atoms with Crippen molar-refractivity contribution in [3.63, 3.8) is 0 Å². The van der Waals surface area contributed by atoms with Crippen LogP contribution in [0.2, 0.25) is 0 Å². The van der Waals surface area contributed by atoms with Crippen LogP contribution in [-0.4, -0.2) is 36.9 Å². The first kappa shape index (κ1) is 15.5. The van der Waals surface area contributed by atoms with Crippen LogP contribution in [0.25, 0.3) is 0 Å². The number of carbonyl (C=O) groups is 2. The topological polar surface area (TPSA) is 52.6 Å². The van der Waals surface area contributed by atoms with Crippen LogP contribution in [0.4, 0.5) is 0 Å². The fourth-order valence-corrected chi connectivity index (χ4v) is 1.12. The monoisotopic (exact) mass is 270 g/mol. The molecule has 0 aliphatic heterocycles. The minimum atomic E-state index is -0.414. The number of ether oxygens (including phenoxy) is 2. The average molecular weight is 271 g/mol. The van der Waals surface area contributed by atoms with Crippen LogP contribution in [0.5, 0.6) is 0 Å². The summed E-state index contributed by atoms with van der Waals surface area (Å²) in [6, 6.07) is 0. The van der Waals surface area contributed by atoms with E-state index in [9.17, 15) is 9.59 Å². The van der Waals surface area contributed by atoms with Gasteiger partial charge in [-0.2, -0.15) is 0 Å². The third kappa shape index (κ3) is 8.80. The number of hydrogen-bond donors (Lipinski definition) is 0. The molecule has 0 N–H and O–H groups in total. The van der Waals surface area contributed by atoms with Gasteiger partial charge in [-0.05, 0) is 18.8 Å². The Morgan fingerprint density at radius 3 is 1.69 bits per heavy atom. The molecule has 16 heavy (non-hydrogen) atoms. The third-order valence-electron chi connectivity index (χ3n) is 1.97. The maximum atomic E-state index is 10.7. The number of rotatable bonds is 8. The van der Waals surface area contributed by atoms with Gasteiger partial charge in [-0.1, -0.05) is 6.92 Å². The quantitative estimate of drug-likeness (QED) is 0.500. The fraction of sp³-hybridized carbons (Fsp3) is 0.800. The molecule has 6 heteroatoms. The van der Waals surface area contributed by atoms with E-state index in [1.807, 2.05) is 6.92 Å². The normalized spacial score (nSPS) is 10.2. The molecular formula is C10H16Cl2O4. The Bertz CT molecular complexity index is 199. The fourth-order valence-electron chi connectivity index (χ4n) is 0.969. The van der Waals surface area contributed by atoms with E-state index in [1.165, 1.54) is 0 Å². The Morgan fingerprint density at radius 1 is 1.00 bits per heavy atom. The molecule has 0 saturated heterocycles. The SMILES string of the molecule is CC(CCOC(=O)CCl)CCOC(=O)CCl. The lowest BCUT2D eigenvalue weighted by Gasteiger charge is -2.11. The molecule has 0 rings (SSSR count). The average Bonchev–Trinajstić information content (AvgIpc) is 2.28.